The quantitative estimate of drug-likeness (QED) is 0.277. The molecule has 0 unspecified atom stereocenters. The molecule has 2 aromatic carbocycles. The molecule has 1 fully saturated rings. The van der Waals surface area contributed by atoms with E-state index in [1.54, 1.807) is 0 Å². The number of carbonyl (C=O) groups is 2. The van der Waals surface area contributed by atoms with Crippen LogP contribution in [0, 0.1) is 17.0 Å². The van der Waals surface area contributed by atoms with Crippen LogP contribution in [-0.4, -0.2) is 49.1 Å². The molecule has 10 heteroatoms. The van der Waals surface area contributed by atoms with Gasteiger partial charge in [-0.1, -0.05) is 12.5 Å². The van der Waals surface area contributed by atoms with E-state index in [1.807, 2.05) is 0 Å². The van der Waals surface area contributed by atoms with Gasteiger partial charge in [-0.3, -0.25) is 14.9 Å². The van der Waals surface area contributed by atoms with Gasteiger partial charge in [0, 0.05) is 30.3 Å². The van der Waals surface area contributed by atoms with Crippen molar-refractivity contribution in [1.29, 1.82) is 0 Å². The van der Waals surface area contributed by atoms with Crippen LogP contribution < -0.4 is 0 Å². The van der Waals surface area contributed by atoms with Gasteiger partial charge in [-0.25, -0.2) is 13.2 Å². The molecule has 164 valence electrons. The number of nitro groups is 1. The van der Waals surface area contributed by atoms with E-state index in [0.717, 1.165) is 19.3 Å². The molecule has 0 spiro atoms. The normalized spacial score (nSPS) is 14.7. The van der Waals surface area contributed by atoms with Crippen LogP contribution in [0.25, 0.3) is 0 Å². The van der Waals surface area contributed by atoms with Crippen LogP contribution in [0.5, 0.6) is 0 Å². The highest BCUT2D eigenvalue weighted by Crippen LogP contribution is 2.23. The van der Waals surface area contributed by atoms with E-state index in [2.05, 4.69) is 0 Å². The molecule has 0 amide bonds. The van der Waals surface area contributed by atoms with Crippen LogP contribution in [0.4, 0.5) is 5.69 Å². The number of piperidine rings is 1. The summed E-state index contributed by atoms with van der Waals surface area (Å²) >= 11 is 0. The van der Waals surface area contributed by atoms with Gasteiger partial charge in [0.15, 0.2) is 12.4 Å². The standard InChI is InChI=1S/C21H22N2O7S/c1-15-18(6-5-7-19(15)23(26)27)21(25)30-14-20(24)16-8-10-17(11-9-16)31(28,29)22-12-3-2-4-13-22/h5-11H,2-4,12-14H2,1H3. The van der Waals surface area contributed by atoms with Gasteiger partial charge in [0.25, 0.3) is 5.69 Å². The second kappa shape index (κ2) is 9.36. The van der Waals surface area contributed by atoms with Crippen LogP contribution in [0.15, 0.2) is 47.4 Å². The third-order valence-electron chi connectivity index (χ3n) is 5.19. The zero-order valence-corrected chi connectivity index (χ0v) is 17.8. The first-order chi connectivity index (χ1) is 14.7. The van der Waals surface area contributed by atoms with Crippen molar-refractivity contribution in [1.82, 2.24) is 4.31 Å². The van der Waals surface area contributed by atoms with E-state index in [9.17, 15) is 28.1 Å². The van der Waals surface area contributed by atoms with Gasteiger partial charge in [-0.05, 0) is 50.1 Å². The first kappa shape index (κ1) is 22.6. The van der Waals surface area contributed by atoms with Crippen molar-refractivity contribution in [2.24, 2.45) is 0 Å². The average molecular weight is 446 g/mol. The molecule has 3 rings (SSSR count). The monoisotopic (exact) mass is 446 g/mol. The lowest BCUT2D eigenvalue weighted by molar-refractivity contribution is -0.385. The number of Topliss-reactive ketones (excluding diaryl/α,β-unsaturated/α-hetero) is 1. The first-order valence-electron chi connectivity index (χ1n) is 9.76. The van der Waals surface area contributed by atoms with E-state index < -0.39 is 33.3 Å². The molecule has 0 radical (unpaired) electrons. The Morgan fingerprint density at radius 1 is 1.06 bits per heavy atom. The number of carbonyl (C=O) groups excluding carboxylic acids is 2. The third kappa shape index (κ3) is 4.97. The lowest BCUT2D eigenvalue weighted by Crippen LogP contribution is -2.35. The van der Waals surface area contributed by atoms with Crippen LogP contribution in [0.2, 0.25) is 0 Å². The number of benzene rings is 2. The molecule has 0 saturated carbocycles. The molecule has 1 saturated heterocycles. The van der Waals surface area contributed by atoms with Crippen LogP contribution in [0.3, 0.4) is 0 Å². The zero-order valence-electron chi connectivity index (χ0n) is 16.9. The number of ether oxygens (including phenoxy) is 1. The van der Waals surface area contributed by atoms with Crippen molar-refractivity contribution in [3.63, 3.8) is 0 Å². The van der Waals surface area contributed by atoms with Crippen molar-refractivity contribution in [3.05, 3.63) is 69.3 Å². The lowest BCUT2D eigenvalue weighted by atomic mass is 10.1. The minimum Gasteiger partial charge on any atom is -0.454 e. The summed E-state index contributed by atoms with van der Waals surface area (Å²) in [7, 11) is -3.60. The summed E-state index contributed by atoms with van der Waals surface area (Å²) in [6, 6.07) is 9.52. The Hall–Kier alpha value is -3.11. The van der Waals surface area contributed by atoms with Crippen molar-refractivity contribution in [3.8, 4) is 0 Å². The van der Waals surface area contributed by atoms with Crippen LogP contribution >= 0.6 is 0 Å². The van der Waals surface area contributed by atoms with E-state index >= 15 is 0 Å². The second-order valence-corrected chi connectivity index (χ2v) is 9.13. The minimum absolute atomic E-state index is 0.00460. The molecule has 9 nitrogen and oxygen atoms in total. The predicted molar refractivity (Wildman–Crippen MR) is 111 cm³/mol. The van der Waals surface area contributed by atoms with E-state index in [4.69, 9.17) is 4.74 Å². The molecule has 1 aliphatic rings. The summed E-state index contributed by atoms with van der Waals surface area (Å²) in [5.74, 6) is -1.36. The summed E-state index contributed by atoms with van der Waals surface area (Å²) in [5.41, 5.74) is 0.134. The smallest absolute Gasteiger partial charge is 0.339 e. The molecule has 2 aromatic rings. The van der Waals surface area contributed by atoms with E-state index in [-0.39, 0.29) is 27.3 Å². The average Bonchev–Trinajstić information content (AvgIpc) is 2.77. The summed E-state index contributed by atoms with van der Waals surface area (Å²) in [4.78, 5) is 35.1. The van der Waals surface area contributed by atoms with Crippen LogP contribution in [-0.2, 0) is 14.8 Å². The summed E-state index contributed by atoms with van der Waals surface area (Å²) < 4.78 is 31.8. The molecule has 1 heterocycles. The van der Waals surface area contributed by atoms with Crippen molar-refractivity contribution in [2.45, 2.75) is 31.1 Å². The second-order valence-electron chi connectivity index (χ2n) is 7.20. The fourth-order valence-electron chi connectivity index (χ4n) is 3.40. The van der Waals surface area contributed by atoms with Gasteiger partial charge >= 0.3 is 5.97 Å². The maximum Gasteiger partial charge on any atom is 0.339 e. The third-order valence-corrected chi connectivity index (χ3v) is 7.10. The summed E-state index contributed by atoms with van der Waals surface area (Å²) in [6.45, 7) is 1.82. The van der Waals surface area contributed by atoms with E-state index in [1.165, 1.54) is 53.7 Å². The molecule has 0 aromatic heterocycles. The maximum absolute atomic E-state index is 12.7. The number of nitro benzene ring substituents is 1. The zero-order chi connectivity index (χ0) is 22.6. The number of hydrogen-bond donors (Lipinski definition) is 0. The van der Waals surface area contributed by atoms with Crippen molar-refractivity contribution < 1.29 is 27.7 Å². The topological polar surface area (TPSA) is 124 Å². The highest BCUT2D eigenvalue weighted by Gasteiger charge is 2.26. The Bertz CT molecular complexity index is 1110. The summed E-state index contributed by atoms with van der Waals surface area (Å²) in [6.07, 6.45) is 2.66. The molecule has 0 atom stereocenters. The number of esters is 1. The highest BCUT2D eigenvalue weighted by atomic mass is 32.2. The molecular formula is C21H22N2O7S. The summed E-state index contributed by atoms with van der Waals surface area (Å²) in [5, 5.41) is 11.0. The SMILES string of the molecule is Cc1c(C(=O)OCC(=O)c2ccc(S(=O)(=O)N3CCCCC3)cc2)cccc1[N+](=O)[O-]. The first-order valence-corrected chi connectivity index (χ1v) is 11.2. The molecule has 0 aliphatic carbocycles. The Kier molecular flexibility index (Phi) is 6.81. The number of hydrogen-bond acceptors (Lipinski definition) is 7. The van der Waals surface area contributed by atoms with Gasteiger partial charge < -0.3 is 4.74 Å². The molecule has 0 N–H and O–H groups in total. The Balaban J connectivity index is 1.66. The van der Waals surface area contributed by atoms with Crippen molar-refractivity contribution >= 4 is 27.5 Å². The highest BCUT2D eigenvalue weighted by molar-refractivity contribution is 7.89. The van der Waals surface area contributed by atoms with Gasteiger partial charge in [0.2, 0.25) is 10.0 Å². The van der Waals surface area contributed by atoms with Gasteiger partial charge in [-0.15, -0.1) is 0 Å². The number of ketones is 1. The Morgan fingerprint density at radius 3 is 2.32 bits per heavy atom. The number of nitrogens with zero attached hydrogens (tertiary/aromatic N) is 2. The lowest BCUT2D eigenvalue weighted by Gasteiger charge is -2.25. The number of sulfonamides is 1. The van der Waals surface area contributed by atoms with E-state index in [0.29, 0.717) is 13.1 Å². The van der Waals surface area contributed by atoms with Gasteiger partial charge in [0.05, 0.1) is 15.4 Å². The molecule has 31 heavy (non-hydrogen) atoms. The van der Waals surface area contributed by atoms with Crippen LogP contribution in [0.1, 0.15) is 45.5 Å². The predicted octanol–water partition coefficient (Wildman–Crippen LogP) is 3.12. The Morgan fingerprint density at radius 2 is 1.71 bits per heavy atom. The molecule has 0 bridgehead atoms. The van der Waals surface area contributed by atoms with Crippen molar-refractivity contribution in [2.75, 3.05) is 19.7 Å². The fraction of sp³-hybridized carbons (Fsp3) is 0.333. The largest absolute Gasteiger partial charge is 0.454 e. The fourth-order valence-corrected chi connectivity index (χ4v) is 4.92. The maximum atomic E-state index is 12.7. The minimum atomic E-state index is -3.60. The van der Waals surface area contributed by atoms with Gasteiger partial charge in [-0.2, -0.15) is 4.31 Å². The number of rotatable bonds is 7. The molecule has 1 aliphatic heterocycles. The van der Waals surface area contributed by atoms with Gasteiger partial charge in [0.1, 0.15) is 0 Å². The Labute approximate surface area is 179 Å². The molecular weight excluding hydrogens is 424 g/mol.